The molecule has 24 heavy (non-hydrogen) atoms. The van der Waals surface area contributed by atoms with Crippen molar-refractivity contribution in [3.05, 3.63) is 72.7 Å². The van der Waals surface area contributed by atoms with E-state index in [1.807, 2.05) is 24.3 Å². The van der Waals surface area contributed by atoms with Crippen molar-refractivity contribution in [2.45, 2.75) is 0 Å². The maximum Gasteiger partial charge on any atom is 0.146 e. The largest absolute Gasteiger partial charge is 0.464 e. The highest BCUT2D eigenvalue weighted by molar-refractivity contribution is 5.62. The Morgan fingerprint density at radius 2 is 1.46 bits per heavy atom. The lowest BCUT2D eigenvalue weighted by atomic mass is 10.1. The van der Waals surface area contributed by atoms with Gasteiger partial charge in [-0.3, -0.25) is 0 Å². The fraction of sp³-hybridized carbons (Fsp3) is 0.200. The van der Waals surface area contributed by atoms with Crippen LogP contribution in [0, 0.1) is 5.82 Å². The van der Waals surface area contributed by atoms with E-state index in [1.165, 1.54) is 11.8 Å². The average molecular weight is 322 g/mol. The maximum atomic E-state index is 13.9. The molecule has 3 nitrogen and oxygen atoms in total. The topological polar surface area (TPSA) is 19.6 Å². The molecule has 4 rings (SSSR count). The number of rotatable bonds is 3. The van der Waals surface area contributed by atoms with Gasteiger partial charge >= 0.3 is 0 Å². The second-order valence-electron chi connectivity index (χ2n) is 5.95. The second kappa shape index (κ2) is 6.40. The molecule has 0 N–H and O–H groups in total. The number of halogens is 1. The molecule has 0 saturated carbocycles. The highest BCUT2D eigenvalue weighted by Crippen LogP contribution is 2.26. The van der Waals surface area contributed by atoms with Crippen molar-refractivity contribution in [2.24, 2.45) is 0 Å². The molecular weight excluding hydrogens is 303 g/mol. The first-order valence-corrected chi connectivity index (χ1v) is 8.19. The van der Waals surface area contributed by atoms with Gasteiger partial charge in [-0.05, 0) is 48.5 Å². The molecule has 1 aliphatic rings. The summed E-state index contributed by atoms with van der Waals surface area (Å²) in [6, 6.07) is 19.3. The van der Waals surface area contributed by atoms with Gasteiger partial charge in [-0.25, -0.2) is 4.39 Å². The van der Waals surface area contributed by atoms with E-state index >= 15 is 0 Å². The highest BCUT2D eigenvalue weighted by Gasteiger charge is 2.19. The molecule has 2 heterocycles. The van der Waals surface area contributed by atoms with Crippen molar-refractivity contribution in [1.82, 2.24) is 0 Å². The molecule has 122 valence electrons. The van der Waals surface area contributed by atoms with Gasteiger partial charge in [-0.15, -0.1) is 0 Å². The van der Waals surface area contributed by atoms with Crippen LogP contribution in [0.1, 0.15) is 0 Å². The maximum absolute atomic E-state index is 13.9. The molecular formula is C20H19FN2O. The molecule has 1 aromatic heterocycles. The third kappa shape index (κ3) is 2.87. The SMILES string of the molecule is Fc1ccccc1N1CCN(c2ccc(-c3ccco3)cc2)CC1. The van der Waals surface area contributed by atoms with Crippen LogP contribution in [0.15, 0.2) is 71.3 Å². The van der Waals surface area contributed by atoms with Gasteiger partial charge in [0.15, 0.2) is 0 Å². The van der Waals surface area contributed by atoms with Gasteiger partial charge in [0.05, 0.1) is 12.0 Å². The first kappa shape index (κ1) is 14.8. The average Bonchev–Trinajstić information content (AvgIpc) is 3.17. The Kier molecular flexibility index (Phi) is 3.95. The summed E-state index contributed by atoms with van der Waals surface area (Å²) in [4.78, 5) is 4.45. The Morgan fingerprint density at radius 3 is 2.12 bits per heavy atom. The van der Waals surface area contributed by atoms with Crippen molar-refractivity contribution in [1.29, 1.82) is 0 Å². The number of piperazine rings is 1. The number of para-hydroxylation sites is 1. The molecule has 4 heteroatoms. The van der Waals surface area contributed by atoms with Crippen LogP contribution in [0.4, 0.5) is 15.8 Å². The Labute approximate surface area is 140 Å². The summed E-state index contributed by atoms with van der Waals surface area (Å²) >= 11 is 0. The third-order valence-electron chi connectivity index (χ3n) is 4.51. The van der Waals surface area contributed by atoms with E-state index in [0.717, 1.165) is 37.5 Å². The molecule has 0 unspecified atom stereocenters. The smallest absolute Gasteiger partial charge is 0.146 e. The fourth-order valence-corrected chi connectivity index (χ4v) is 3.19. The van der Waals surface area contributed by atoms with Crippen molar-refractivity contribution in [3.8, 4) is 11.3 Å². The minimum absolute atomic E-state index is 0.145. The second-order valence-corrected chi connectivity index (χ2v) is 5.95. The molecule has 0 spiro atoms. The van der Waals surface area contributed by atoms with Crippen molar-refractivity contribution in [3.63, 3.8) is 0 Å². The summed E-state index contributed by atoms with van der Waals surface area (Å²) in [5.74, 6) is 0.736. The van der Waals surface area contributed by atoms with Gasteiger partial charge in [-0.2, -0.15) is 0 Å². The molecule has 1 saturated heterocycles. The standard InChI is InChI=1S/C20H19FN2O/c21-18-4-1-2-5-19(18)23-13-11-22(12-14-23)17-9-7-16(8-10-17)20-6-3-15-24-20/h1-10,15H,11-14H2. The van der Waals surface area contributed by atoms with E-state index in [-0.39, 0.29) is 5.82 Å². The number of furan rings is 1. The van der Waals surface area contributed by atoms with Crippen molar-refractivity contribution in [2.75, 3.05) is 36.0 Å². The molecule has 0 radical (unpaired) electrons. The summed E-state index contributed by atoms with van der Waals surface area (Å²) in [5, 5.41) is 0. The van der Waals surface area contributed by atoms with Gasteiger partial charge in [-0.1, -0.05) is 12.1 Å². The minimum Gasteiger partial charge on any atom is -0.464 e. The zero-order valence-electron chi connectivity index (χ0n) is 13.4. The van der Waals surface area contributed by atoms with Gasteiger partial charge < -0.3 is 14.2 Å². The summed E-state index contributed by atoms with van der Waals surface area (Å²) < 4.78 is 19.3. The third-order valence-corrected chi connectivity index (χ3v) is 4.51. The van der Waals surface area contributed by atoms with Crippen LogP contribution >= 0.6 is 0 Å². The lowest BCUT2D eigenvalue weighted by Crippen LogP contribution is -2.46. The van der Waals surface area contributed by atoms with Gasteiger partial charge in [0.25, 0.3) is 0 Å². The van der Waals surface area contributed by atoms with Crippen LogP contribution < -0.4 is 9.80 Å². The van der Waals surface area contributed by atoms with E-state index in [2.05, 4.69) is 34.1 Å². The number of nitrogens with zero attached hydrogens (tertiary/aromatic N) is 2. The monoisotopic (exact) mass is 322 g/mol. The summed E-state index contributed by atoms with van der Waals surface area (Å²) in [7, 11) is 0. The molecule has 2 aromatic carbocycles. The Bertz CT molecular complexity index is 791. The highest BCUT2D eigenvalue weighted by atomic mass is 19.1. The summed E-state index contributed by atoms with van der Waals surface area (Å²) in [6.07, 6.45) is 1.69. The van der Waals surface area contributed by atoms with Crippen molar-refractivity contribution >= 4 is 11.4 Å². The summed E-state index contributed by atoms with van der Waals surface area (Å²) in [6.45, 7) is 3.41. The van der Waals surface area contributed by atoms with E-state index in [9.17, 15) is 4.39 Å². The molecule has 1 aliphatic heterocycles. The number of hydrogen-bond acceptors (Lipinski definition) is 3. The van der Waals surface area contributed by atoms with E-state index in [0.29, 0.717) is 5.69 Å². The Hall–Kier alpha value is -2.75. The summed E-state index contributed by atoms with van der Waals surface area (Å²) in [5.41, 5.74) is 2.97. The van der Waals surface area contributed by atoms with E-state index in [4.69, 9.17) is 4.42 Å². The van der Waals surface area contributed by atoms with Crippen LogP contribution in [0.2, 0.25) is 0 Å². The van der Waals surface area contributed by atoms with Gasteiger partial charge in [0.1, 0.15) is 11.6 Å². The quantitative estimate of drug-likeness (QED) is 0.712. The number of anilines is 2. The lowest BCUT2D eigenvalue weighted by molar-refractivity contribution is 0.582. The molecule has 0 bridgehead atoms. The lowest BCUT2D eigenvalue weighted by Gasteiger charge is -2.37. The first-order chi connectivity index (χ1) is 11.8. The van der Waals surface area contributed by atoms with Gasteiger partial charge in [0.2, 0.25) is 0 Å². The predicted octanol–water partition coefficient (Wildman–Crippen LogP) is 4.41. The van der Waals surface area contributed by atoms with Crippen LogP contribution in [0.25, 0.3) is 11.3 Å². The normalized spacial score (nSPS) is 14.9. The van der Waals surface area contributed by atoms with E-state index in [1.54, 1.807) is 12.3 Å². The first-order valence-electron chi connectivity index (χ1n) is 8.19. The van der Waals surface area contributed by atoms with E-state index < -0.39 is 0 Å². The Morgan fingerprint density at radius 1 is 0.750 bits per heavy atom. The van der Waals surface area contributed by atoms with Gasteiger partial charge in [0, 0.05) is 37.4 Å². The fourth-order valence-electron chi connectivity index (χ4n) is 3.19. The van der Waals surface area contributed by atoms with Crippen LogP contribution in [0.5, 0.6) is 0 Å². The molecule has 3 aromatic rings. The molecule has 0 atom stereocenters. The molecule has 1 fully saturated rings. The predicted molar refractivity (Wildman–Crippen MR) is 95.0 cm³/mol. The number of benzene rings is 2. The van der Waals surface area contributed by atoms with Crippen molar-refractivity contribution < 1.29 is 8.81 Å². The Balaban J connectivity index is 1.43. The zero-order valence-corrected chi connectivity index (χ0v) is 13.4. The van der Waals surface area contributed by atoms with Crippen LogP contribution in [-0.4, -0.2) is 26.2 Å². The molecule has 0 amide bonds. The molecule has 0 aliphatic carbocycles. The zero-order chi connectivity index (χ0) is 16.4. The number of hydrogen-bond donors (Lipinski definition) is 0. The minimum atomic E-state index is -0.145. The van der Waals surface area contributed by atoms with Crippen LogP contribution in [-0.2, 0) is 0 Å². The van der Waals surface area contributed by atoms with Crippen LogP contribution in [0.3, 0.4) is 0 Å².